The largest absolute Gasteiger partial charge is 0.416 e. The Morgan fingerprint density at radius 1 is 0.971 bits per heavy atom. The van der Waals surface area contributed by atoms with Crippen LogP contribution in [0.2, 0.25) is 0 Å². The number of rotatable bonds is 6. The van der Waals surface area contributed by atoms with Crippen LogP contribution in [-0.2, 0) is 15.7 Å². The second kappa shape index (κ2) is 10.5. The highest BCUT2D eigenvalue weighted by Crippen LogP contribution is 2.36. The van der Waals surface area contributed by atoms with Gasteiger partial charge in [0.25, 0.3) is 5.69 Å². The average molecular weight is 493 g/mol. The maximum atomic E-state index is 13.0. The molecule has 2 fully saturated rings. The highest BCUT2D eigenvalue weighted by atomic mass is 19.4. The van der Waals surface area contributed by atoms with Gasteiger partial charge >= 0.3 is 6.18 Å². The number of nitro benzene ring substituents is 1. The van der Waals surface area contributed by atoms with Crippen molar-refractivity contribution in [3.05, 3.63) is 58.1 Å². The summed E-state index contributed by atoms with van der Waals surface area (Å²) in [6.07, 6.45) is -4.65. The van der Waals surface area contributed by atoms with Gasteiger partial charge in [0.1, 0.15) is 5.69 Å². The van der Waals surface area contributed by atoms with E-state index in [1.54, 1.807) is 4.90 Å². The number of carbonyl (C=O) groups is 1. The molecule has 9 nitrogen and oxygen atoms in total. The molecule has 0 aromatic heterocycles. The first-order chi connectivity index (χ1) is 16.7. The van der Waals surface area contributed by atoms with Gasteiger partial charge in [-0.1, -0.05) is 0 Å². The van der Waals surface area contributed by atoms with E-state index >= 15 is 0 Å². The van der Waals surface area contributed by atoms with E-state index in [4.69, 9.17) is 4.74 Å². The topological polar surface area (TPSA) is 91.2 Å². The molecule has 2 aliphatic heterocycles. The Kier molecular flexibility index (Phi) is 7.41. The number of halogens is 3. The van der Waals surface area contributed by atoms with Crippen LogP contribution in [0.4, 0.5) is 35.9 Å². The summed E-state index contributed by atoms with van der Waals surface area (Å²) in [6, 6.07) is 10.2. The number of morpholine rings is 1. The van der Waals surface area contributed by atoms with Crippen LogP contribution in [0, 0.1) is 10.1 Å². The number of hydrogen-bond acceptors (Lipinski definition) is 7. The smallest absolute Gasteiger partial charge is 0.378 e. The highest BCUT2D eigenvalue weighted by molar-refractivity contribution is 5.92. The molecular weight excluding hydrogens is 467 g/mol. The summed E-state index contributed by atoms with van der Waals surface area (Å²) in [5, 5.41) is 14.3. The van der Waals surface area contributed by atoms with Crippen molar-refractivity contribution in [1.29, 1.82) is 0 Å². The SMILES string of the molecule is O=C(CN1CCN(c2ccc(C(F)(F)F)cc2[N+](=O)[O-])CC1)Nc1ccc(N2CCOCC2)cc1. The Balaban J connectivity index is 1.30. The number of anilines is 3. The van der Waals surface area contributed by atoms with E-state index in [2.05, 4.69) is 10.2 Å². The molecule has 0 atom stereocenters. The van der Waals surface area contributed by atoms with Gasteiger partial charge in [-0.15, -0.1) is 0 Å². The number of carbonyl (C=O) groups excluding carboxylic acids is 1. The lowest BCUT2D eigenvalue weighted by molar-refractivity contribution is -0.384. The lowest BCUT2D eigenvalue weighted by Crippen LogP contribution is -2.48. The number of nitrogens with one attached hydrogen (secondary N) is 1. The third-order valence-corrected chi connectivity index (χ3v) is 6.11. The zero-order valence-corrected chi connectivity index (χ0v) is 19.0. The number of nitro groups is 1. The van der Waals surface area contributed by atoms with Gasteiger partial charge < -0.3 is 19.9 Å². The molecule has 0 unspecified atom stereocenters. The van der Waals surface area contributed by atoms with Gasteiger partial charge in [-0.05, 0) is 36.4 Å². The van der Waals surface area contributed by atoms with Crippen molar-refractivity contribution in [2.24, 2.45) is 0 Å². The second-order valence-electron chi connectivity index (χ2n) is 8.42. The van der Waals surface area contributed by atoms with Gasteiger partial charge in [0, 0.05) is 56.7 Å². The van der Waals surface area contributed by atoms with E-state index < -0.39 is 22.4 Å². The third-order valence-electron chi connectivity index (χ3n) is 6.11. The molecule has 0 aliphatic carbocycles. The summed E-state index contributed by atoms with van der Waals surface area (Å²) in [5.74, 6) is -0.182. The maximum Gasteiger partial charge on any atom is 0.416 e. The predicted octanol–water partition coefficient (Wildman–Crippen LogP) is 3.21. The van der Waals surface area contributed by atoms with Crippen molar-refractivity contribution in [3.63, 3.8) is 0 Å². The first-order valence-electron chi connectivity index (χ1n) is 11.3. The van der Waals surface area contributed by atoms with Crippen LogP contribution in [0.5, 0.6) is 0 Å². The van der Waals surface area contributed by atoms with Crippen LogP contribution in [0.15, 0.2) is 42.5 Å². The van der Waals surface area contributed by atoms with E-state index in [1.165, 1.54) is 0 Å². The normalized spacial score (nSPS) is 17.3. The minimum absolute atomic E-state index is 0.146. The summed E-state index contributed by atoms with van der Waals surface area (Å²) in [5.41, 5.74) is 0.269. The van der Waals surface area contributed by atoms with Crippen LogP contribution in [-0.4, -0.2) is 74.8 Å². The van der Waals surface area contributed by atoms with Crippen LogP contribution in [0.25, 0.3) is 0 Å². The predicted molar refractivity (Wildman–Crippen MR) is 125 cm³/mol. The molecule has 1 N–H and O–H groups in total. The number of hydrogen-bond donors (Lipinski definition) is 1. The number of ether oxygens (including phenoxy) is 1. The third kappa shape index (κ3) is 6.20. The average Bonchev–Trinajstić information content (AvgIpc) is 2.84. The van der Waals surface area contributed by atoms with Crippen molar-refractivity contribution < 1.29 is 27.6 Å². The van der Waals surface area contributed by atoms with Crippen LogP contribution < -0.4 is 15.1 Å². The van der Waals surface area contributed by atoms with Gasteiger partial charge in [0.2, 0.25) is 5.91 Å². The summed E-state index contributed by atoms with van der Waals surface area (Å²) >= 11 is 0. The fraction of sp³-hybridized carbons (Fsp3) is 0.435. The maximum absolute atomic E-state index is 13.0. The fourth-order valence-corrected chi connectivity index (χ4v) is 4.24. The van der Waals surface area contributed by atoms with E-state index in [0.717, 1.165) is 30.9 Å². The first-order valence-corrected chi connectivity index (χ1v) is 11.3. The van der Waals surface area contributed by atoms with Crippen LogP contribution in [0.3, 0.4) is 0 Å². The quantitative estimate of drug-likeness (QED) is 0.488. The number of piperazine rings is 1. The fourth-order valence-electron chi connectivity index (χ4n) is 4.24. The van der Waals surface area contributed by atoms with Crippen LogP contribution in [0.1, 0.15) is 5.56 Å². The van der Waals surface area contributed by atoms with Gasteiger partial charge in [-0.3, -0.25) is 19.8 Å². The summed E-state index contributed by atoms with van der Waals surface area (Å²) in [4.78, 5) is 28.9. The Morgan fingerprint density at radius 2 is 1.63 bits per heavy atom. The van der Waals surface area contributed by atoms with Crippen molar-refractivity contribution in [2.45, 2.75) is 6.18 Å². The molecule has 2 aromatic rings. The van der Waals surface area contributed by atoms with Crippen molar-refractivity contribution in [1.82, 2.24) is 4.90 Å². The number of nitrogens with zero attached hydrogens (tertiary/aromatic N) is 4. The van der Waals surface area contributed by atoms with Gasteiger partial charge in [-0.25, -0.2) is 0 Å². The minimum atomic E-state index is -4.65. The molecule has 35 heavy (non-hydrogen) atoms. The summed E-state index contributed by atoms with van der Waals surface area (Å²) < 4.78 is 44.2. The molecule has 1 amide bonds. The molecule has 2 aromatic carbocycles. The Hall–Kier alpha value is -3.38. The molecule has 12 heteroatoms. The zero-order valence-electron chi connectivity index (χ0n) is 19.0. The molecule has 2 saturated heterocycles. The van der Waals surface area contributed by atoms with E-state index in [0.29, 0.717) is 51.1 Å². The van der Waals surface area contributed by atoms with Gasteiger partial charge in [-0.2, -0.15) is 13.2 Å². The van der Waals surface area contributed by atoms with E-state index in [-0.39, 0.29) is 18.1 Å². The van der Waals surface area contributed by atoms with Gasteiger partial charge in [0.05, 0.1) is 30.2 Å². The second-order valence-corrected chi connectivity index (χ2v) is 8.42. The standard InChI is InChI=1S/C23H26F3N5O4/c24-23(25,26)17-1-6-20(21(15-17)31(33)34)30-9-7-28(8-10-30)16-22(32)27-18-2-4-19(5-3-18)29-11-13-35-14-12-29/h1-6,15H,7-14,16H2,(H,27,32). The lowest BCUT2D eigenvalue weighted by atomic mass is 10.1. The Bertz CT molecular complexity index is 1050. The molecule has 2 heterocycles. The molecule has 0 spiro atoms. The first kappa shape index (κ1) is 24.7. The molecule has 4 rings (SSSR count). The van der Waals surface area contributed by atoms with Crippen molar-refractivity contribution >= 4 is 28.7 Å². The molecular formula is C23H26F3N5O4. The van der Waals surface area contributed by atoms with Gasteiger partial charge in [0.15, 0.2) is 0 Å². The Morgan fingerprint density at radius 3 is 2.23 bits per heavy atom. The summed E-state index contributed by atoms with van der Waals surface area (Å²) in [6.45, 7) is 4.79. The van der Waals surface area contributed by atoms with Crippen LogP contribution >= 0.6 is 0 Å². The summed E-state index contributed by atoms with van der Waals surface area (Å²) in [7, 11) is 0. The van der Waals surface area contributed by atoms with E-state index in [1.807, 2.05) is 29.2 Å². The van der Waals surface area contributed by atoms with Crippen molar-refractivity contribution in [2.75, 3.05) is 74.1 Å². The molecule has 0 saturated carbocycles. The number of alkyl halides is 3. The highest BCUT2D eigenvalue weighted by Gasteiger charge is 2.34. The Labute approximate surface area is 200 Å². The molecule has 188 valence electrons. The minimum Gasteiger partial charge on any atom is -0.378 e. The monoisotopic (exact) mass is 493 g/mol. The number of benzene rings is 2. The zero-order chi connectivity index (χ0) is 25.0. The molecule has 0 radical (unpaired) electrons. The van der Waals surface area contributed by atoms with E-state index in [9.17, 15) is 28.1 Å². The number of amides is 1. The molecule has 2 aliphatic rings. The lowest BCUT2D eigenvalue weighted by Gasteiger charge is -2.35. The molecule has 0 bridgehead atoms. The van der Waals surface area contributed by atoms with Crippen molar-refractivity contribution in [3.8, 4) is 0 Å².